The minimum absolute atomic E-state index is 0.250. The maximum atomic E-state index is 12.2. The van der Waals surface area contributed by atoms with Gasteiger partial charge in [0.25, 0.3) is 5.79 Å². The molecule has 19 heavy (non-hydrogen) atoms. The van der Waals surface area contributed by atoms with Crippen LogP contribution in [0.15, 0.2) is 48.3 Å². The minimum Gasteiger partial charge on any atom is -0.495 e. The molecule has 1 aromatic carbocycles. The summed E-state index contributed by atoms with van der Waals surface area (Å²) in [7, 11) is 1.50. The molecular weight excluding hydrogens is 244 g/mol. The minimum atomic E-state index is -1.44. The number of carbonyl (C=O) groups is 1. The molecular formula is C15H14O4. The highest BCUT2D eigenvalue weighted by atomic mass is 16.7. The number of fused-ring (bicyclic) bond motifs is 1. The molecule has 4 heteroatoms. The van der Waals surface area contributed by atoms with Gasteiger partial charge in [0.1, 0.15) is 0 Å². The Hall–Kier alpha value is -1.91. The smallest absolute Gasteiger partial charge is 0.294 e. The van der Waals surface area contributed by atoms with Crippen molar-refractivity contribution in [2.75, 3.05) is 7.11 Å². The third kappa shape index (κ3) is 1.89. The van der Waals surface area contributed by atoms with Crippen LogP contribution in [0.1, 0.15) is 11.1 Å². The van der Waals surface area contributed by atoms with Crippen LogP contribution in [0.4, 0.5) is 0 Å². The zero-order valence-electron chi connectivity index (χ0n) is 10.6. The maximum absolute atomic E-state index is 12.2. The van der Waals surface area contributed by atoms with E-state index in [0.29, 0.717) is 19.0 Å². The highest BCUT2D eigenvalue weighted by Gasteiger charge is 2.47. The summed E-state index contributed by atoms with van der Waals surface area (Å²) in [5.41, 5.74) is 2.05. The van der Waals surface area contributed by atoms with Gasteiger partial charge in [-0.3, -0.25) is 4.79 Å². The van der Waals surface area contributed by atoms with Crippen LogP contribution >= 0.6 is 0 Å². The fraction of sp³-hybridized carbons (Fsp3) is 0.267. The standard InChI is InChI=1S/C15H14O4/c1-17-14-8-4-7-13(16)15(14)18-9-11-5-2-3-6-12(11)10-19-15/h2-8H,9-10H2,1H3. The van der Waals surface area contributed by atoms with Crippen molar-refractivity contribution in [2.45, 2.75) is 19.0 Å². The third-order valence-corrected chi connectivity index (χ3v) is 3.34. The molecule has 0 radical (unpaired) electrons. The van der Waals surface area contributed by atoms with Crippen LogP contribution in [0.5, 0.6) is 0 Å². The molecule has 3 rings (SSSR count). The average Bonchev–Trinajstić information content (AvgIpc) is 2.64. The van der Waals surface area contributed by atoms with Crippen molar-refractivity contribution in [3.8, 4) is 0 Å². The summed E-state index contributed by atoms with van der Waals surface area (Å²) in [6, 6.07) is 7.82. The molecule has 0 bridgehead atoms. The Kier molecular flexibility index (Phi) is 2.97. The quantitative estimate of drug-likeness (QED) is 0.773. The Morgan fingerprint density at radius 3 is 2.37 bits per heavy atom. The van der Waals surface area contributed by atoms with Crippen LogP contribution in [-0.4, -0.2) is 18.7 Å². The predicted molar refractivity (Wildman–Crippen MR) is 68.0 cm³/mol. The van der Waals surface area contributed by atoms with Crippen LogP contribution < -0.4 is 0 Å². The Morgan fingerprint density at radius 2 is 1.79 bits per heavy atom. The first-order chi connectivity index (χ1) is 9.26. The Bertz CT molecular complexity index is 544. The van der Waals surface area contributed by atoms with Gasteiger partial charge >= 0.3 is 0 Å². The lowest BCUT2D eigenvalue weighted by Gasteiger charge is -2.32. The second kappa shape index (κ2) is 4.64. The lowest BCUT2D eigenvalue weighted by Crippen LogP contribution is -2.46. The molecule has 1 aliphatic carbocycles. The highest BCUT2D eigenvalue weighted by Crippen LogP contribution is 2.34. The van der Waals surface area contributed by atoms with Gasteiger partial charge < -0.3 is 14.2 Å². The first-order valence-electron chi connectivity index (χ1n) is 6.08. The maximum Gasteiger partial charge on any atom is 0.294 e. The topological polar surface area (TPSA) is 44.8 Å². The SMILES string of the molecule is COC1=CC=CC(=O)C12OCc1ccccc1CO2. The summed E-state index contributed by atoms with van der Waals surface area (Å²) >= 11 is 0. The van der Waals surface area contributed by atoms with Crippen molar-refractivity contribution in [1.82, 2.24) is 0 Å². The van der Waals surface area contributed by atoms with Gasteiger partial charge in [0.05, 0.1) is 20.3 Å². The van der Waals surface area contributed by atoms with E-state index >= 15 is 0 Å². The lowest BCUT2D eigenvalue weighted by atomic mass is 10.0. The number of hydrogen-bond donors (Lipinski definition) is 0. The molecule has 0 saturated carbocycles. The number of rotatable bonds is 1. The number of benzene rings is 1. The van der Waals surface area contributed by atoms with E-state index in [9.17, 15) is 4.79 Å². The van der Waals surface area contributed by atoms with E-state index in [0.717, 1.165) is 11.1 Å². The second-order valence-electron chi connectivity index (χ2n) is 4.42. The van der Waals surface area contributed by atoms with E-state index in [1.807, 2.05) is 24.3 Å². The van der Waals surface area contributed by atoms with Gasteiger partial charge in [0, 0.05) is 0 Å². The Labute approximate surface area is 111 Å². The molecule has 1 heterocycles. The van der Waals surface area contributed by atoms with Crippen molar-refractivity contribution in [2.24, 2.45) is 0 Å². The summed E-state index contributed by atoms with van der Waals surface area (Å²) in [5, 5.41) is 0. The fourth-order valence-electron chi connectivity index (χ4n) is 2.29. The van der Waals surface area contributed by atoms with Crippen LogP contribution in [0, 0.1) is 0 Å². The number of ether oxygens (including phenoxy) is 3. The van der Waals surface area contributed by atoms with Crippen LogP contribution in [-0.2, 0) is 32.2 Å². The Morgan fingerprint density at radius 1 is 1.16 bits per heavy atom. The third-order valence-electron chi connectivity index (χ3n) is 3.34. The van der Waals surface area contributed by atoms with Gasteiger partial charge in [-0.2, -0.15) is 0 Å². The van der Waals surface area contributed by atoms with E-state index in [1.54, 1.807) is 12.2 Å². The predicted octanol–water partition coefficient (Wildman–Crippen LogP) is 2.10. The molecule has 4 nitrogen and oxygen atoms in total. The van der Waals surface area contributed by atoms with Gasteiger partial charge in [-0.15, -0.1) is 0 Å². The van der Waals surface area contributed by atoms with E-state index in [1.165, 1.54) is 13.2 Å². The lowest BCUT2D eigenvalue weighted by molar-refractivity contribution is -0.226. The van der Waals surface area contributed by atoms with Crippen LogP contribution in [0.25, 0.3) is 0 Å². The summed E-state index contributed by atoms with van der Waals surface area (Å²) in [5.74, 6) is -1.31. The van der Waals surface area contributed by atoms with Crippen molar-refractivity contribution in [1.29, 1.82) is 0 Å². The number of methoxy groups -OCH3 is 1. The zero-order valence-corrected chi connectivity index (χ0v) is 10.6. The Balaban J connectivity index is 1.98. The second-order valence-corrected chi connectivity index (χ2v) is 4.42. The summed E-state index contributed by atoms with van der Waals surface area (Å²) < 4.78 is 16.8. The zero-order chi connectivity index (χ0) is 13.3. The van der Waals surface area contributed by atoms with Crippen molar-refractivity contribution >= 4 is 5.78 Å². The van der Waals surface area contributed by atoms with Crippen LogP contribution in [0.3, 0.4) is 0 Å². The molecule has 0 aromatic heterocycles. The monoisotopic (exact) mass is 258 g/mol. The summed E-state index contributed by atoms with van der Waals surface area (Å²) in [4.78, 5) is 12.2. The first-order valence-corrected chi connectivity index (χ1v) is 6.08. The van der Waals surface area contributed by atoms with Crippen molar-refractivity contribution in [3.63, 3.8) is 0 Å². The molecule has 0 atom stereocenters. The van der Waals surface area contributed by atoms with Gasteiger partial charge in [0.15, 0.2) is 5.76 Å². The summed E-state index contributed by atoms with van der Waals surface area (Å²) in [6.07, 6.45) is 4.77. The van der Waals surface area contributed by atoms with E-state index in [4.69, 9.17) is 14.2 Å². The average molecular weight is 258 g/mol. The first kappa shape index (κ1) is 12.1. The van der Waals surface area contributed by atoms with Gasteiger partial charge in [0.2, 0.25) is 5.78 Å². The number of carbonyl (C=O) groups excluding carboxylic acids is 1. The number of allylic oxidation sites excluding steroid dienone is 2. The van der Waals surface area contributed by atoms with E-state index in [2.05, 4.69) is 0 Å². The fourth-order valence-corrected chi connectivity index (χ4v) is 2.29. The molecule has 1 spiro atoms. The molecule has 1 aliphatic heterocycles. The van der Waals surface area contributed by atoms with Crippen LogP contribution in [0.2, 0.25) is 0 Å². The molecule has 0 fully saturated rings. The molecule has 98 valence electrons. The summed E-state index contributed by atoms with van der Waals surface area (Å²) in [6.45, 7) is 0.632. The van der Waals surface area contributed by atoms with E-state index in [-0.39, 0.29) is 5.78 Å². The van der Waals surface area contributed by atoms with Crippen molar-refractivity contribution in [3.05, 3.63) is 59.4 Å². The molecule has 0 unspecified atom stereocenters. The molecule has 2 aliphatic rings. The highest BCUT2D eigenvalue weighted by molar-refractivity contribution is 5.99. The molecule has 0 N–H and O–H groups in total. The van der Waals surface area contributed by atoms with Gasteiger partial charge in [-0.1, -0.05) is 30.3 Å². The number of hydrogen-bond acceptors (Lipinski definition) is 4. The molecule has 0 saturated heterocycles. The van der Waals surface area contributed by atoms with E-state index < -0.39 is 5.79 Å². The van der Waals surface area contributed by atoms with Crippen molar-refractivity contribution < 1.29 is 19.0 Å². The largest absolute Gasteiger partial charge is 0.495 e. The molecule has 0 amide bonds. The van der Waals surface area contributed by atoms with Gasteiger partial charge in [-0.25, -0.2) is 0 Å². The van der Waals surface area contributed by atoms with Gasteiger partial charge in [-0.05, 0) is 23.3 Å². The number of ketones is 1. The normalized spacial score (nSPS) is 20.7. The molecule has 1 aromatic rings.